The number of pyridine rings is 1. The normalized spacial score (nSPS) is 18.9. The van der Waals surface area contributed by atoms with Crippen LogP contribution in [0.4, 0.5) is 0 Å². The van der Waals surface area contributed by atoms with E-state index in [1.807, 2.05) is 36.2 Å². The zero-order chi connectivity index (χ0) is 21.5. The molecule has 2 N–H and O–H groups in total. The molecule has 8 heteroatoms. The van der Waals surface area contributed by atoms with Crippen LogP contribution in [0.25, 0.3) is 21.3 Å². The van der Waals surface area contributed by atoms with Gasteiger partial charge in [0.2, 0.25) is 0 Å². The Morgan fingerprint density at radius 3 is 2.87 bits per heavy atom. The molecule has 0 unspecified atom stereocenters. The monoisotopic (exact) mass is 457 g/mol. The second-order valence-corrected chi connectivity index (χ2v) is 9.66. The van der Waals surface area contributed by atoms with Gasteiger partial charge in [-0.2, -0.15) is 0 Å². The van der Waals surface area contributed by atoms with Crippen LogP contribution in [0.5, 0.6) is 5.75 Å². The number of aliphatic hydroxyl groups is 1. The van der Waals surface area contributed by atoms with Gasteiger partial charge in [-0.25, -0.2) is 0 Å². The topological polar surface area (TPSA) is 74.7 Å². The van der Waals surface area contributed by atoms with Crippen molar-refractivity contribution < 1.29 is 14.6 Å². The van der Waals surface area contributed by atoms with Gasteiger partial charge in [-0.15, -0.1) is 11.3 Å². The lowest BCUT2D eigenvalue weighted by atomic mass is 10.00. The van der Waals surface area contributed by atoms with E-state index >= 15 is 0 Å². The van der Waals surface area contributed by atoms with Gasteiger partial charge in [-0.3, -0.25) is 9.78 Å². The highest BCUT2D eigenvalue weighted by atomic mass is 35.5. The molecular weight excluding hydrogens is 434 g/mol. The lowest BCUT2D eigenvalue weighted by Gasteiger charge is -2.33. The van der Waals surface area contributed by atoms with Crippen LogP contribution in [0.2, 0.25) is 5.02 Å². The number of nitrogens with zero attached hydrogens (tertiary/aromatic N) is 2. The Labute approximate surface area is 189 Å². The minimum Gasteiger partial charge on any atom is -0.479 e. The molecule has 0 spiro atoms. The molecule has 1 atom stereocenters. The number of rotatable bonds is 4. The van der Waals surface area contributed by atoms with E-state index in [1.54, 1.807) is 6.20 Å². The molecule has 1 saturated heterocycles. The van der Waals surface area contributed by atoms with E-state index in [9.17, 15) is 9.90 Å². The SMILES string of the molecule is CNC1CCN(C(=O)[C@H]2Cc3cc(Cl)cc(-c4ccnc5cc(CO)sc45)c3O2)CC1. The number of carbonyl (C=O) groups is 1. The molecule has 4 heterocycles. The maximum absolute atomic E-state index is 13.2. The summed E-state index contributed by atoms with van der Waals surface area (Å²) in [6.07, 6.45) is 3.67. The lowest BCUT2D eigenvalue weighted by molar-refractivity contribution is -0.139. The quantitative estimate of drug-likeness (QED) is 0.625. The van der Waals surface area contributed by atoms with Crippen molar-refractivity contribution in [2.24, 2.45) is 0 Å². The second kappa shape index (κ2) is 8.39. The van der Waals surface area contributed by atoms with Gasteiger partial charge in [0.15, 0.2) is 6.10 Å². The third kappa shape index (κ3) is 3.80. The van der Waals surface area contributed by atoms with Crippen LogP contribution in [0, 0.1) is 0 Å². The van der Waals surface area contributed by atoms with Crippen molar-refractivity contribution in [3.05, 3.63) is 45.9 Å². The van der Waals surface area contributed by atoms with Crippen LogP contribution in [-0.4, -0.2) is 53.2 Å². The number of hydrogen-bond acceptors (Lipinski definition) is 6. The Balaban J connectivity index is 1.46. The van der Waals surface area contributed by atoms with Crippen LogP contribution in [0.1, 0.15) is 23.3 Å². The van der Waals surface area contributed by atoms with Crippen molar-refractivity contribution in [3.8, 4) is 16.9 Å². The van der Waals surface area contributed by atoms with E-state index in [0.29, 0.717) is 17.5 Å². The molecule has 162 valence electrons. The first-order chi connectivity index (χ1) is 15.1. The summed E-state index contributed by atoms with van der Waals surface area (Å²) < 4.78 is 7.24. The molecule has 1 amide bonds. The highest BCUT2D eigenvalue weighted by Crippen LogP contribution is 2.44. The fourth-order valence-electron chi connectivity index (χ4n) is 4.53. The number of hydrogen-bond donors (Lipinski definition) is 2. The van der Waals surface area contributed by atoms with E-state index in [1.165, 1.54) is 11.3 Å². The molecule has 2 aliphatic rings. The van der Waals surface area contributed by atoms with Crippen LogP contribution >= 0.6 is 22.9 Å². The largest absolute Gasteiger partial charge is 0.479 e. The smallest absolute Gasteiger partial charge is 0.263 e. The van der Waals surface area contributed by atoms with Gasteiger partial charge in [-0.05, 0) is 44.2 Å². The number of ether oxygens (including phenoxy) is 1. The van der Waals surface area contributed by atoms with Crippen molar-refractivity contribution >= 4 is 39.1 Å². The summed E-state index contributed by atoms with van der Waals surface area (Å²) in [7, 11) is 1.97. The molecule has 0 radical (unpaired) electrons. The Kier molecular flexibility index (Phi) is 5.60. The van der Waals surface area contributed by atoms with Crippen LogP contribution < -0.4 is 10.1 Å². The van der Waals surface area contributed by atoms with Crippen LogP contribution in [0.3, 0.4) is 0 Å². The van der Waals surface area contributed by atoms with Crippen molar-refractivity contribution in [1.82, 2.24) is 15.2 Å². The minimum atomic E-state index is -0.521. The zero-order valence-corrected chi connectivity index (χ0v) is 18.8. The maximum atomic E-state index is 13.2. The number of aromatic nitrogens is 1. The van der Waals surface area contributed by atoms with Crippen LogP contribution in [-0.2, 0) is 17.8 Å². The lowest BCUT2D eigenvalue weighted by Crippen LogP contribution is -2.48. The fraction of sp³-hybridized carbons (Fsp3) is 0.391. The number of fused-ring (bicyclic) bond motifs is 2. The average Bonchev–Trinajstić information content (AvgIpc) is 3.41. The summed E-state index contributed by atoms with van der Waals surface area (Å²) in [5, 5.41) is 13.5. The summed E-state index contributed by atoms with van der Waals surface area (Å²) >= 11 is 7.97. The van der Waals surface area contributed by atoms with Gasteiger partial charge in [0.25, 0.3) is 5.91 Å². The molecule has 0 bridgehead atoms. The first-order valence-electron chi connectivity index (χ1n) is 10.5. The molecule has 31 heavy (non-hydrogen) atoms. The number of benzene rings is 1. The Morgan fingerprint density at radius 1 is 1.32 bits per heavy atom. The number of amides is 1. The summed E-state index contributed by atoms with van der Waals surface area (Å²) in [6, 6.07) is 8.09. The highest BCUT2D eigenvalue weighted by Gasteiger charge is 2.36. The Morgan fingerprint density at radius 2 is 2.13 bits per heavy atom. The maximum Gasteiger partial charge on any atom is 0.263 e. The number of carbonyl (C=O) groups excluding carboxylic acids is 1. The number of thiophene rings is 1. The van der Waals surface area contributed by atoms with E-state index in [4.69, 9.17) is 16.3 Å². The van der Waals surface area contributed by atoms with Gasteiger partial charge in [-0.1, -0.05) is 11.6 Å². The zero-order valence-electron chi connectivity index (χ0n) is 17.2. The number of aliphatic hydroxyl groups excluding tert-OH is 1. The fourth-order valence-corrected chi connectivity index (χ4v) is 5.77. The Hall–Kier alpha value is -2.19. The van der Waals surface area contributed by atoms with Gasteiger partial charge in [0.1, 0.15) is 5.75 Å². The van der Waals surface area contributed by atoms with E-state index < -0.39 is 6.10 Å². The number of nitrogens with one attached hydrogen (secondary N) is 1. The number of halogens is 1. The summed E-state index contributed by atoms with van der Waals surface area (Å²) in [4.78, 5) is 20.4. The third-order valence-corrected chi connectivity index (χ3v) is 7.56. The molecule has 6 nitrogen and oxygen atoms in total. The number of piperidine rings is 1. The first-order valence-corrected chi connectivity index (χ1v) is 11.7. The molecule has 1 fully saturated rings. The van der Waals surface area contributed by atoms with Crippen molar-refractivity contribution in [3.63, 3.8) is 0 Å². The number of likely N-dealkylation sites (tertiary alicyclic amines) is 1. The minimum absolute atomic E-state index is 0.0224. The molecule has 5 rings (SSSR count). The van der Waals surface area contributed by atoms with E-state index in [2.05, 4.69) is 10.3 Å². The van der Waals surface area contributed by atoms with Gasteiger partial charge >= 0.3 is 0 Å². The van der Waals surface area contributed by atoms with E-state index in [-0.39, 0.29) is 12.5 Å². The summed E-state index contributed by atoms with van der Waals surface area (Å²) in [5.41, 5.74) is 3.61. The van der Waals surface area contributed by atoms with Crippen molar-refractivity contribution in [2.45, 2.75) is 38.0 Å². The highest BCUT2D eigenvalue weighted by molar-refractivity contribution is 7.19. The van der Waals surface area contributed by atoms with E-state index in [0.717, 1.165) is 63.5 Å². The van der Waals surface area contributed by atoms with Gasteiger partial charge in [0.05, 0.1) is 16.8 Å². The van der Waals surface area contributed by atoms with Gasteiger partial charge < -0.3 is 20.1 Å². The third-order valence-electron chi connectivity index (χ3n) is 6.20. The molecule has 0 aliphatic carbocycles. The molecule has 0 saturated carbocycles. The Bertz CT molecular complexity index is 1140. The predicted molar refractivity (Wildman–Crippen MR) is 123 cm³/mol. The standard InChI is InChI=1S/C23H24ClN3O3S/c1-25-15-3-6-27(7-4-15)23(29)20-9-13-8-14(24)10-18(21(13)30-20)17-2-5-26-19-11-16(12-28)31-22(17)19/h2,5,8,10-11,15,20,25,28H,3-4,6-7,9,12H2,1H3/t20-/m1/s1. The van der Waals surface area contributed by atoms with Crippen LogP contribution in [0.15, 0.2) is 30.5 Å². The first kappa shape index (κ1) is 20.7. The predicted octanol–water partition coefficient (Wildman–Crippen LogP) is 3.62. The molecule has 1 aromatic carbocycles. The molecule has 2 aromatic heterocycles. The average molecular weight is 458 g/mol. The molecular formula is C23H24ClN3O3S. The van der Waals surface area contributed by atoms with Gasteiger partial charge in [0, 0.05) is 58.3 Å². The van der Waals surface area contributed by atoms with Crippen molar-refractivity contribution in [1.29, 1.82) is 0 Å². The summed E-state index contributed by atoms with van der Waals surface area (Å²) in [6.45, 7) is 1.47. The van der Waals surface area contributed by atoms with Crippen molar-refractivity contribution in [2.75, 3.05) is 20.1 Å². The molecule has 3 aromatic rings. The molecule has 2 aliphatic heterocycles. The second-order valence-electron chi connectivity index (χ2n) is 8.08. The summed E-state index contributed by atoms with van der Waals surface area (Å²) in [5.74, 6) is 0.769.